The summed E-state index contributed by atoms with van der Waals surface area (Å²) in [4.78, 5) is 0. The molecule has 3 rings (SSSR count). The minimum atomic E-state index is -0.166. The molecule has 0 spiro atoms. The van der Waals surface area contributed by atoms with Crippen molar-refractivity contribution < 1.29 is 4.39 Å². The second kappa shape index (κ2) is 4.49. The number of nitrogens with zero attached hydrogens (tertiary/aromatic N) is 1. The normalized spacial score (nSPS) is 18.4. The van der Waals surface area contributed by atoms with Crippen LogP contribution in [-0.2, 0) is 6.42 Å². The zero-order valence-electron chi connectivity index (χ0n) is 11.4. The Morgan fingerprint density at radius 3 is 2.84 bits per heavy atom. The molecule has 1 aromatic carbocycles. The van der Waals surface area contributed by atoms with E-state index in [0.717, 1.165) is 30.5 Å². The predicted octanol–water partition coefficient (Wildman–Crippen LogP) is 3.57. The molecule has 0 bridgehead atoms. The summed E-state index contributed by atoms with van der Waals surface area (Å²) in [6.45, 7) is 3.98. The second-order valence-corrected chi connectivity index (χ2v) is 5.43. The van der Waals surface area contributed by atoms with Crippen molar-refractivity contribution in [1.29, 1.82) is 0 Å². The summed E-state index contributed by atoms with van der Waals surface area (Å²) < 4.78 is 16.3. The topological polar surface area (TPSA) is 30.9 Å². The van der Waals surface area contributed by atoms with Gasteiger partial charge in [0.2, 0.25) is 0 Å². The summed E-state index contributed by atoms with van der Waals surface area (Å²) in [5.74, 6) is -0.166. The van der Waals surface area contributed by atoms with Gasteiger partial charge in [-0.15, -0.1) is 0 Å². The third kappa shape index (κ3) is 1.89. The van der Waals surface area contributed by atoms with Gasteiger partial charge >= 0.3 is 0 Å². The van der Waals surface area contributed by atoms with Gasteiger partial charge < -0.3 is 10.3 Å². The van der Waals surface area contributed by atoms with E-state index in [-0.39, 0.29) is 11.9 Å². The molecule has 1 unspecified atom stereocenters. The van der Waals surface area contributed by atoms with Crippen LogP contribution in [0.5, 0.6) is 0 Å². The monoisotopic (exact) mass is 258 g/mol. The summed E-state index contributed by atoms with van der Waals surface area (Å²) in [7, 11) is 0. The fourth-order valence-corrected chi connectivity index (χ4v) is 3.15. The second-order valence-electron chi connectivity index (χ2n) is 5.43. The van der Waals surface area contributed by atoms with Crippen LogP contribution < -0.4 is 5.73 Å². The van der Waals surface area contributed by atoms with Crippen molar-refractivity contribution in [2.24, 2.45) is 5.73 Å². The van der Waals surface area contributed by atoms with E-state index in [4.69, 9.17) is 5.73 Å². The Balaban J connectivity index is 2.26. The zero-order chi connectivity index (χ0) is 13.6. The Bertz CT molecular complexity index is 608. The Labute approximate surface area is 113 Å². The molecule has 3 heteroatoms. The van der Waals surface area contributed by atoms with Gasteiger partial charge in [0, 0.05) is 17.4 Å². The highest BCUT2D eigenvalue weighted by Gasteiger charge is 2.24. The number of nitrogens with two attached hydrogens (primary N) is 1. The summed E-state index contributed by atoms with van der Waals surface area (Å²) in [6.07, 6.45) is 3.07. The van der Waals surface area contributed by atoms with Gasteiger partial charge in [0.25, 0.3) is 0 Å². The molecular weight excluding hydrogens is 239 g/mol. The third-order valence-corrected chi connectivity index (χ3v) is 4.06. The number of para-hydroxylation sites is 1. The van der Waals surface area contributed by atoms with Crippen LogP contribution in [0.3, 0.4) is 0 Å². The largest absolute Gasteiger partial charge is 0.324 e. The molecule has 2 nitrogen and oxygen atoms in total. The molecule has 19 heavy (non-hydrogen) atoms. The maximum absolute atomic E-state index is 14.2. The molecule has 1 aliphatic rings. The molecule has 0 fully saturated rings. The van der Waals surface area contributed by atoms with Crippen molar-refractivity contribution in [3.05, 3.63) is 52.6 Å². The fourth-order valence-electron chi connectivity index (χ4n) is 3.15. The first kappa shape index (κ1) is 12.4. The third-order valence-electron chi connectivity index (χ3n) is 4.06. The molecule has 0 amide bonds. The molecule has 1 aromatic heterocycles. The highest BCUT2D eigenvalue weighted by Crippen LogP contribution is 2.34. The van der Waals surface area contributed by atoms with Crippen molar-refractivity contribution in [2.75, 3.05) is 0 Å². The van der Waals surface area contributed by atoms with E-state index in [0.29, 0.717) is 5.69 Å². The van der Waals surface area contributed by atoms with Gasteiger partial charge in [-0.05, 0) is 56.4 Å². The number of fused-ring (bicyclic) bond motifs is 1. The molecular formula is C16H19FN2. The molecule has 0 aliphatic heterocycles. The van der Waals surface area contributed by atoms with Crippen molar-refractivity contribution >= 4 is 0 Å². The average molecular weight is 258 g/mol. The minimum Gasteiger partial charge on any atom is -0.324 e. The highest BCUT2D eigenvalue weighted by molar-refractivity contribution is 5.48. The maximum Gasteiger partial charge on any atom is 0.147 e. The Morgan fingerprint density at radius 1 is 1.32 bits per heavy atom. The van der Waals surface area contributed by atoms with Crippen molar-refractivity contribution in [2.45, 2.75) is 39.2 Å². The number of rotatable bonds is 1. The van der Waals surface area contributed by atoms with Gasteiger partial charge in [0.1, 0.15) is 5.82 Å². The van der Waals surface area contributed by atoms with Crippen LogP contribution >= 0.6 is 0 Å². The lowest BCUT2D eigenvalue weighted by Gasteiger charge is -2.22. The first-order chi connectivity index (χ1) is 9.09. The SMILES string of the molecule is Cc1cccc(F)c1-n1c(C)cc2c1CCCC2N. The molecule has 2 aromatic rings. The van der Waals surface area contributed by atoms with E-state index < -0.39 is 0 Å². The van der Waals surface area contributed by atoms with Crippen molar-refractivity contribution in [3.8, 4) is 5.69 Å². The molecule has 1 heterocycles. The average Bonchev–Trinajstić information content (AvgIpc) is 2.68. The van der Waals surface area contributed by atoms with Crippen LogP contribution in [0, 0.1) is 19.7 Å². The smallest absolute Gasteiger partial charge is 0.147 e. The minimum absolute atomic E-state index is 0.0933. The van der Waals surface area contributed by atoms with Crippen LogP contribution in [0.4, 0.5) is 4.39 Å². The van der Waals surface area contributed by atoms with Crippen LogP contribution in [0.25, 0.3) is 5.69 Å². The van der Waals surface area contributed by atoms with E-state index in [1.807, 2.05) is 19.9 Å². The number of hydrogen-bond acceptors (Lipinski definition) is 1. The lowest BCUT2D eigenvalue weighted by atomic mass is 9.93. The number of halogens is 1. The maximum atomic E-state index is 14.2. The Hall–Kier alpha value is -1.61. The molecule has 100 valence electrons. The standard InChI is InChI=1S/C16H19FN2/c1-10-5-3-6-13(17)16(10)19-11(2)9-12-14(18)7-4-8-15(12)19/h3,5-6,9,14H,4,7-8,18H2,1-2H3. The van der Waals surface area contributed by atoms with Gasteiger partial charge in [-0.3, -0.25) is 0 Å². The number of aryl methyl sites for hydroxylation is 2. The summed E-state index contributed by atoms with van der Waals surface area (Å²) >= 11 is 0. The Morgan fingerprint density at radius 2 is 2.11 bits per heavy atom. The lowest BCUT2D eigenvalue weighted by molar-refractivity contribution is 0.554. The lowest BCUT2D eigenvalue weighted by Crippen LogP contribution is -2.18. The molecule has 0 saturated heterocycles. The van der Waals surface area contributed by atoms with E-state index in [1.54, 1.807) is 6.07 Å². The van der Waals surface area contributed by atoms with Crippen LogP contribution in [0.15, 0.2) is 24.3 Å². The summed E-state index contributed by atoms with van der Waals surface area (Å²) in [6, 6.07) is 7.44. The molecule has 0 radical (unpaired) electrons. The predicted molar refractivity (Wildman–Crippen MR) is 75.1 cm³/mol. The molecule has 1 aliphatic carbocycles. The van der Waals surface area contributed by atoms with Crippen LogP contribution in [-0.4, -0.2) is 4.57 Å². The van der Waals surface area contributed by atoms with E-state index in [9.17, 15) is 4.39 Å². The first-order valence-corrected chi connectivity index (χ1v) is 6.81. The van der Waals surface area contributed by atoms with Gasteiger partial charge in [-0.25, -0.2) is 4.39 Å². The van der Waals surface area contributed by atoms with Gasteiger partial charge in [0.15, 0.2) is 0 Å². The zero-order valence-corrected chi connectivity index (χ0v) is 11.4. The van der Waals surface area contributed by atoms with Crippen LogP contribution in [0.2, 0.25) is 0 Å². The summed E-state index contributed by atoms with van der Waals surface area (Å²) in [5.41, 5.74) is 11.2. The van der Waals surface area contributed by atoms with E-state index >= 15 is 0 Å². The number of hydrogen-bond donors (Lipinski definition) is 1. The van der Waals surface area contributed by atoms with Crippen molar-refractivity contribution in [3.63, 3.8) is 0 Å². The van der Waals surface area contributed by atoms with E-state index in [2.05, 4.69) is 10.6 Å². The van der Waals surface area contributed by atoms with Crippen LogP contribution in [0.1, 0.15) is 41.4 Å². The first-order valence-electron chi connectivity index (χ1n) is 6.81. The molecule has 1 atom stereocenters. The molecule has 2 N–H and O–H groups in total. The molecule has 0 saturated carbocycles. The fraction of sp³-hybridized carbons (Fsp3) is 0.375. The number of benzene rings is 1. The Kier molecular flexibility index (Phi) is 2.94. The van der Waals surface area contributed by atoms with Crippen molar-refractivity contribution in [1.82, 2.24) is 4.57 Å². The summed E-state index contributed by atoms with van der Waals surface area (Å²) in [5, 5.41) is 0. The van der Waals surface area contributed by atoms with Gasteiger partial charge in [0.05, 0.1) is 5.69 Å². The van der Waals surface area contributed by atoms with E-state index in [1.165, 1.54) is 17.3 Å². The quantitative estimate of drug-likeness (QED) is 0.833. The highest BCUT2D eigenvalue weighted by atomic mass is 19.1. The van der Waals surface area contributed by atoms with Gasteiger partial charge in [-0.2, -0.15) is 0 Å². The number of aromatic nitrogens is 1. The van der Waals surface area contributed by atoms with Gasteiger partial charge in [-0.1, -0.05) is 12.1 Å².